The molecule has 0 radical (unpaired) electrons. The number of rotatable bonds is 4. The number of aromatic nitrogens is 3. The highest BCUT2D eigenvalue weighted by Crippen LogP contribution is 2.25. The number of para-hydroxylation sites is 1. The van der Waals surface area contributed by atoms with Crippen LogP contribution in [0.5, 0.6) is 0 Å². The maximum atomic E-state index is 12.8. The van der Waals surface area contributed by atoms with Gasteiger partial charge in [-0.25, -0.2) is 4.98 Å². The fourth-order valence-electron chi connectivity index (χ4n) is 4.04. The van der Waals surface area contributed by atoms with E-state index in [1.807, 2.05) is 30.1 Å². The summed E-state index contributed by atoms with van der Waals surface area (Å²) >= 11 is 2.77. The Labute approximate surface area is 188 Å². The summed E-state index contributed by atoms with van der Waals surface area (Å²) in [4.78, 5) is 37.2. The lowest BCUT2D eigenvalue weighted by Gasteiger charge is -2.36. The van der Waals surface area contributed by atoms with E-state index in [1.165, 1.54) is 33.3 Å². The number of anilines is 1. The Kier molecular flexibility index (Phi) is 5.68. The molecule has 0 bridgehead atoms. The van der Waals surface area contributed by atoms with Gasteiger partial charge in [0.25, 0.3) is 5.56 Å². The molecule has 2 aliphatic rings. The smallest absolute Gasteiger partial charge is 0.279 e. The topological polar surface area (TPSA) is 74.1 Å². The Balaban J connectivity index is 1.22. The van der Waals surface area contributed by atoms with Crippen molar-refractivity contribution in [1.82, 2.24) is 24.4 Å². The van der Waals surface area contributed by atoms with Crippen LogP contribution in [0, 0.1) is 0 Å². The van der Waals surface area contributed by atoms with Gasteiger partial charge in [-0.15, -0.1) is 5.10 Å². The minimum atomic E-state index is -0.0852. The van der Waals surface area contributed by atoms with Crippen molar-refractivity contribution in [3.8, 4) is 0 Å². The van der Waals surface area contributed by atoms with Crippen LogP contribution < -0.4 is 10.5 Å². The number of hydrogen-bond donors (Lipinski definition) is 0. The Bertz CT molecular complexity index is 1150. The van der Waals surface area contributed by atoms with Gasteiger partial charge in [-0.3, -0.25) is 9.59 Å². The van der Waals surface area contributed by atoms with Crippen LogP contribution in [0.4, 0.5) is 5.69 Å². The van der Waals surface area contributed by atoms with Gasteiger partial charge < -0.3 is 14.7 Å². The van der Waals surface area contributed by atoms with Crippen molar-refractivity contribution in [2.24, 2.45) is 0 Å². The largest absolute Gasteiger partial charge is 0.368 e. The third-order valence-corrected chi connectivity index (χ3v) is 7.83. The van der Waals surface area contributed by atoms with Crippen molar-refractivity contribution >= 4 is 39.7 Å². The highest BCUT2D eigenvalue weighted by Gasteiger charge is 2.23. The van der Waals surface area contributed by atoms with Gasteiger partial charge >= 0.3 is 0 Å². The lowest BCUT2D eigenvalue weighted by atomic mass is 10.1. The van der Waals surface area contributed by atoms with E-state index in [0.29, 0.717) is 21.6 Å². The molecule has 0 unspecified atom stereocenters. The monoisotopic (exact) mass is 456 g/mol. The van der Waals surface area contributed by atoms with Crippen LogP contribution in [-0.4, -0.2) is 75.8 Å². The second-order valence-electron chi connectivity index (χ2n) is 7.88. The third-order valence-electron chi connectivity index (χ3n) is 5.80. The number of benzene rings is 1. The van der Waals surface area contributed by atoms with Crippen molar-refractivity contribution in [3.63, 3.8) is 0 Å². The summed E-state index contributed by atoms with van der Waals surface area (Å²) in [7, 11) is 2.00. The molecule has 2 aromatic heterocycles. The Morgan fingerprint density at radius 2 is 1.90 bits per heavy atom. The van der Waals surface area contributed by atoms with E-state index in [2.05, 4.69) is 32.0 Å². The summed E-state index contributed by atoms with van der Waals surface area (Å²) < 4.78 is 2.10. The molecule has 4 heterocycles. The standard InChI is InChI=1S/C21H24N6O2S2/c1-24-8-7-17-16(13-24)19(29)27-20(22-17)31-21(23-27)30-14-18(28)26-11-9-25(10-12-26)15-5-3-2-4-6-15/h2-6H,7-14H2,1H3. The van der Waals surface area contributed by atoms with Gasteiger partial charge in [0.1, 0.15) is 0 Å². The quantitative estimate of drug-likeness (QED) is 0.552. The maximum absolute atomic E-state index is 12.8. The molecule has 3 aromatic rings. The van der Waals surface area contributed by atoms with E-state index in [0.717, 1.165) is 50.4 Å². The molecule has 2 aliphatic heterocycles. The average molecular weight is 457 g/mol. The fraction of sp³-hybridized carbons (Fsp3) is 0.429. The van der Waals surface area contributed by atoms with Crippen molar-refractivity contribution < 1.29 is 4.79 Å². The zero-order valence-electron chi connectivity index (χ0n) is 17.4. The van der Waals surface area contributed by atoms with Gasteiger partial charge in [0.15, 0.2) is 4.34 Å². The summed E-state index contributed by atoms with van der Waals surface area (Å²) in [5.74, 6) is 0.431. The first-order valence-corrected chi connectivity index (χ1v) is 12.2. The molecular formula is C21H24N6O2S2. The molecule has 1 fully saturated rings. The first-order chi connectivity index (χ1) is 15.1. The van der Waals surface area contributed by atoms with E-state index < -0.39 is 0 Å². The summed E-state index contributed by atoms with van der Waals surface area (Å²) in [6, 6.07) is 10.3. The molecule has 31 heavy (non-hydrogen) atoms. The summed E-state index contributed by atoms with van der Waals surface area (Å²) in [5, 5.41) is 4.44. The van der Waals surface area contributed by atoms with Crippen LogP contribution in [0.2, 0.25) is 0 Å². The van der Waals surface area contributed by atoms with Gasteiger partial charge in [0.2, 0.25) is 10.9 Å². The molecule has 0 spiro atoms. The number of carbonyl (C=O) groups excluding carboxylic acids is 1. The summed E-state index contributed by atoms with van der Waals surface area (Å²) in [6.45, 7) is 4.62. The molecule has 1 aromatic carbocycles. The van der Waals surface area contributed by atoms with Gasteiger partial charge in [0.05, 0.1) is 17.0 Å². The highest BCUT2D eigenvalue weighted by atomic mass is 32.2. The molecule has 5 rings (SSSR count). The number of fused-ring (bicyclic) bond motifs is 2. The van der Waals surface area contributed by atoms with Gasteiger partial charge in [-0.05, 0) is 19.2 Å². The average Bonchev–Trinajstić information content (AvgIpc) is 3.22. The van der Waals surface area contributed by atoms with E-state index in [4.69, 9.17) is 0 Å². The Morgan fingerprint density at radius 3 is 2.68 bits per heavy atom. The third kappa shape index (κ3) is 4.19. The SMILES string of the molecule is CN1CCc2nc3sc(SCC(=O)N4CCN(c5ccccc5)CC4)nn3c(=O)c2C1. The van der Waals surface area contributed by atoms with Crippen LogP contribution in [-0.2, 0) is 17.8 Å². The lowest BCUT2D eigenvalue weighted by molar-refractivity contribution is -0.128. The van der Waals surface area contributed by atoms with Gasteiger partial charge in [-0.1, -0.05) is 41.3 Å². The molecule has 10 heteroatoms. The van der Waals surface area contributed by atoms with E-state index in [-0.39, 0.29) is 11.5 Å². The van der Waals surface area contributed by atoms with E-state index in [9.17, 15) is 9.59 Å². The molecule has 1 amide bonds. The predicted octanol–water partition coefficient (Wildman–Crippen LogP) is 1.58. The number of carbonyl (C=O) groups is 1. The number of hydrogen-bond acceptors (Lipinski definition) is 8. The van der Waals surface area contributed by atoms with Crippen molar-refractivity contribution in [1.29, 1.82) is 0 Å². The van der Waals surface area contributed by atoms with Gasteiger partial charge in [0, 0.05) is 51.4 Å². The molecule has 162 valence electrons. The van der Waals surface area contributed by atoms with Crippen molar-refractivity contribution in [2.75, 3.05) is 50.4 Å². The minimum absolute atomic E-state index is 0.0852. The highest BCUT2D eigenvalue weighted by molar-refractivity contribution is 8.01. The molecular weight excluding hydrogens is 432 g/mol. The van der Waals surface area contributed by atoms with E-state index in [1.54, 1.807) is 0 Å². The molecule has 0 N–H and O–H groups in total. The first kappa shape index (κ1) is 20.5. The molecule has 0 aliphatic carbocycles. The fourth-order valence-corrected chi connectivity index (χ4v) is 5.89. The number of likely N-dealkylation sites (N-methyl/N-ethyl adjacent to an activating group) is 1. The summed E-state index contributed by atoms with van der Waals surface area (Å²) in [6.07, 6.45) is 0.783. The van der Waals surface area contributed by atoms with E-state index >= 15 is 0 Å². The van der Waals surface area contributed by atoms with Crippen molar-refractivity contribution in [3.05, 3.63) is 51.9 Å². The lowest BCUT2D eigenvalue weighted by Crippen LogP contribution is -2.49. The van der Waals surface area contributed by atoms with Crippen LogP contribution in [0.25, 0.3) is 4.96 Å². The van der Waals surface area contributed by atoms with Crippen LogP contribution in [0.1, 0.15) is 11.3 Å². The predicted molar refractivity (Wildman–Crippen MR) is 123 cm³/mol. The normalized spacial score (nSPS) is 17.2. The molecule has 1 saturated heterocycles. The number of thioether (sulfide) groups is 1. The number of amides is 1. The second kappa shape index (κ2) is 8.60. The van der Waals surface area contributed by atoms with Crippen LogP contribution in [0.15, 0.2) is 39.5 Å². The molecule has 0 atom stereocenters. The Morgan fingerprint density at radius 1 is 1.13 bits per heavy atom. The zero-order valence-corrected chi connectivity index (χ0v) is 19.0. The second-order valence-corrected chi connectivity index (χ2v) is 10.1. The van der Waals surface area contributed by atoms with Crippen LogP contribution in [0.3, 0.4) is 0 Å². The summed E-state index contributed by atoms with van der Waals surface area (Å²) in [5.41, 5.74) is 2.74. The van der Waals surface area contributed by atoms with Gasteiger partial charge in [-0.2, -0.15) is 4.52 Å². The number of nitrogens with zero attached hydrogens (tertiary/aromatic N) is 6. The molecule has 8 nitrogen and oxygen atoms in total. The zero-order chi connectivity index (χ0) is 21.4. The Hall–Kier alpha value is -2.43. The maximum Gasteiger partial charge on any atom is 0.279 e. The minimum Gasteiger partial charge on any atom is -0.368 e. The van der Waals surface area contributed by atoms with Crippen LogP contribution >= 0.6 is 23.1 Å². The number of piperazine rings is 1. The van der Waals surface area contributed by atoms with Crippen molar-refractivity contribution in [2.45, 2.75) is 17.3 Å². The molecule has 0 saturated carbocycles. The first-order valence-electron chi connectivity index (χ1n) is 10.4.